The Morgan fingerprint density at radius 1 is 1.50 bits per heavy atom. The summed E-state index contributed by atoms with van der Waals surface area (Å²) < 4.78 is 22.7. The van der Waals surface area contributed by atoms with Gasteiger partial charge < -0.3 is 10.5 Å². The summed E-state index contributed by atoms with van der Waals surface area (Å²) in [7, 11) is -2.59. The molecule has 0 radical (unpaired) electrons. The number of nitrogens with two attached hydrogens (primary N) is 1. The highest BCUT2D eigenvalue weighted by atomic mass is 31.1. The fraction of sp³-hybridized carbons (Fsp3) is 0.500. The molecule has 1 saturated heterocycles. The molecule has 1 aliphatic heterocycles. The fourth-order valence-corrected chi connectivity index (χ4v) is 2.54. The second-order valence-corrected chi connectivity index (χ2v) is 5.14. The van der Waals surface area contributed by atoms with E-state index in [-0.39, 0.29) is 18.9 Å². The molecule has 3 rings (SSSR count). The zero-order valence-corrected chi connectivity index (χ0v) is 11.3. The standard InChI is InChI=1S/C10H12N5O4P/c11-9-8-10(13-4-12-9)15(5-14-8)7-2-1-6(19-7)3-18-20(16)17/h4-7H,1-3H2,(H2-,11,12,13,16,17)/p+1. The van der Waals surface area contributed by atoms with E-state index >= 15 is 0 Å². The van der Waals surface area contributed by atoms with Crippen LogP contribution in [0.15, 0.2) is 12.7 Å². The lowest BCUT2D eigenvalue weighted by molar-refractivity contribution is -0.0162. The van der Waals surface area contributed by atoms with Crippen molar-refractivity contribution in [3.63, 3.8) is 0 Å². The van der Waals surface area contributed by atoms with E-state index in [2.05, 4.69) is 19.5 Å². The van der Waals surface area contributed by atoms with Gasteiger partial charge in [0.2, 0.25) is 0 Å². The quantitative estimate of drug-likeness (QED) is 0.792. The van der Waals surface area contributed by atoms with Gasteiger partial charge in [-0.05, 0) is 12.8 Å². The Bertz CT molecular complexity index is 648. The van der Waals surface area contributed by atoms with Crippen LogP contribution in [0.2, 0.25) is 0 Å². The van der Waals surface area contributed by atoms with E-state index in [1.807, 2.05) is 0 Å². The van der Waals surface area contributed by atoms with Crippen LogP contribution in [-0.4, -0.2) is 37.1 Å². The molecule has 3 heterocycles. The number of rotatable bonds is 4. The van der Waals surface area contributed by atoms with Gasteiger partial charge in [0, 0.05) is 4.57 Å². The van der Waals surface area contributed by atoms with Gasteiger partial charge in [0.25, 0.3) is 0 Å². The second kappa shape index (κ2) is 5.37. The lowest BCUT2D eigenvalue weighted by Gasteiger charge is -2.13. The number of nitrogens with zero attached hydrogens (tertiary/aromatic N) is 4. The molecule has 106 valence electrons. The molecule has 0 spiro atoms. The molecule has 0 aliphatic carbocycles. The van der Waals surface area contributed by atoms with E-state index in [1.54, 1.807) is 10.9 Å². The number of imidazole rings is 1. The molecular formula is C10H13N5O4P+. The maximum atomic E-state index is 10.5. The SMILES string of the molecule is Nc1ncnc2c1ncn2C1CCC(CO[P+](=O)O)O1. The first-order chi connectivity index (χ1) is 9.65. The summed E-state index contributed by atoms with van der Waals surface area (Å²) in [6.07, 6.45) is 4.00. The predicted molar refractivity (Wildman–Crippen MR) is 68.7 cm³/mol. The Balaban J connectivity index is 1.76. The number of fused-ring (bicyclic) bond motifs is 1. The van der Waals surface area contributed by atoms with Crippen molar-refractivity contribution in [3.8, 4) is 0 Å². The Labute approximate surface area is 114 Å². The third kappa shape index (κ3) is 2.48. The summed E-state index contributed by atoms with van der Waals surface area (Å²) in [5, 5.41) is 0. The van der Waals surface area contributed by atoms with Crippen molar-refractivity contribution in [2.24, 2.45) is 0 Å². The summed E-state index contributed by atoms with van der Waals surface area (Å²) in [5.74, 6) is 0.323. The van der Waals surface area contributed by atoms with Crippen molar-refractivity contribution in [1.29, 1.82) is 0 Å². The van der Waals surface area contributed by atoms with Crippen LogP contribution in [0.25, 0.3) is 11.2 Å². The van der Waals surface area contributed by atoms with Crippen molar-refractivity contribution >= 4 is 25.2 Å². The number of hydrogen-bond acceptors (Lipinski definition) is 7. The number of aromatic nitrogens is 4. The molecule has 2 aromatic rings. The predicted octanol–water partition coefficient (Wildman–Crippen LogP) is 0.752. The summed E-state index contributed by atoms with van der Waals surface area (Å²) in [6, 6.07) is 0. The summed E-state index contributed by atoms with van der Waals surface area (Å²) in [4.78, 5) is 20.8. The van der Waals surface area contributed by atoms with Gasteiger partial charge in [0.1, 0.15) is 24.7 Å². The Hall–Kier alpha value is -1.67. The van der Waals surface area contributed by atoms with E-state index < -0.39 is 8.25 Å². The third-order valence-corrected chi connectivity index (χ3v) is 3.52. The first-order valence-electron chi connectivity index (χ1n) is 6.02. The molecule has 0 amide bonds. The topological polar surface area (TPSA) is 125 Å². The van der Waals surface area contributed by atoms with Crippen LogP contribution in [0.1, 0.15) is 19.1 Å². The summed E-state index contributed by atoms with van der Waals surface area (Å²) in [6.45, 7) is 0.0892. The van der Waals surface area contributed by atoms with E-state index in [4.69, 9.17) is 15.4 Å². The molecule has 3 atom stereocenters. The molecule has 1 aliphatic rings. The van der Waals surface area contributed by atoms with E-state index in [0.717, 1.165) is 12.8 Å². The fourth-order valence-electron chi connectivity index (χ4n) is 2.24. The highest BCUT2D eigenvalue weighted by molar-refractivity contribution is 7.32. The average Bonchev–Trinajstić information content (AvgIpc) is 3.02. The second-order valence-electron chi connectivity index (χ2n) is 4.41. The van der Waals surface area contributed by atoms with Crippen molar-refractivity contribution in [2.45, 2.75) is 25.2 Å². The molecule has 0 saturated carbocycles. The number of nitrogen functional groups attached to an aromatic ring is 1. The molecule has 10 heteroatoms. The molecule has 0 aromatic carbocycles. The first-order valence-corrected chi connectivity index (χ1v) is 7.15. The lowest BCUT2D eigenvalue weighted by atomic mass is 10.2. The van der Waals surface area contributed by atoms with Gasteiger partial charge in [-0.1, -0.05) is 0 Å². The Morgan fingerprint density at radius 2 is 2.35 bits per heavy atom. The molecule has 20 heavy (non-hydrogen) atoms. The van der Waals surface area contributed by atoms with Gasteiger partial charge in [0.05, 0.1) is 12.4 Å². The molecule has 3 unspecified atom stereocenters. The third-order valence-electron chi connectivity index (χ3n) is 3.15. The van der Waals surface area contributed by atoms with Crippen molar-refractivity contribution in [1.82, 2.24) is 19.5 Å². The first kappa shape index (κ1) is 13.3. The summed E-state index contributed by atoms with van der Waals surface area (Å²) >= 11 is 0. The van der Waals surface area contributed by atoms with Gasteiger partial charge in [-0.2, -0.15) is 0 Å². The Kier molecular flexibility index (Phi) is 3.58. The van der Waals surface area contributed by atoms with Crippen LogP contribution in [0.5, 0.6) is 0 Å². The lowest BCUT2D eigenvalue weighted by Crippen LogP contribution is -2.15. The molecule has 3 N–H and O–H groups in total. The monoisotopic (exact) mass is 298 g/mol. The van der Waals surface area contributed by atoms with Crippen molar-refractivity contribution in [3.05, 3.63) is 12.7 Å². The highest BCUT2D eigenvalue weighted by Gasteiger charge is 2.30. The Morgan fingerprint density at radius 3 is 3.15 bits per heavy atom. The van der Waals surface area contributed by atoms with Gasteiger partial charge in [-0.3, -0.25) is 4.57 Å². The van der Waals surface area contributed by atoms with Crippen LogP contribution in [0.3, 0.4) is 0 Å². The maximum Gasteiger partial charge on any atom is 0.694 e. The minimum absolute atomic E-state index is 0.0892. The van der Waals surface area contributed by atoms with Gasteiger partial charge in [-0.15, -0.1) is 9.42 Å². The van der Waals surface area contributed by atoms with Gasteiger partial charge in [-0.25, -0.2) is 15.0 Å². The zero-order chi connectivity index (χ0) is 14.1. The van der Waals surface area contributed by atoms with Crippen LogP contribution in [0, 0.1) is 0 Å². The molecule has 0 bridgehead atoms. The van der Waals surface area contributed by atoms with E-state index in [1.165, 1.54) is 6.33 Å². The van der Waals surface area contributed by atoms with Gasteiger partial charge in [0.15, 0.2) is 11.5 Å². The number of hydrogen-bond donors (Lipinski definition) is 2. The van der Waals surface area contributed by atoms with Crippen LogP contribution in [-0.2, 0) is 13.8 Å². The van der Waals surface area contributed by atoms with Crippen LogP contribution in [0.4, 0.5) is 5.82 Å². The molecule has 2 aromatic heterocycles. The molecular weight excluding hydrogens is 285 g/mol. The normalized spacial score (nSPS) is 23.4. The average molecular weight is 298 g/mol. The zero-order valence-electron chi connectivity index (χ0n) is 10.4. The molecule has 9 nitrogen and oxygen atoms in total. The highest BCUT2D eigenvalue weighted by Crippen LogP contribution is 2.32. The summed E-state index contributed by atoms with van der Waals surface area (Å²) in [5.41, 5.74) is 6.87. The van der Waals surface area contributed by atoms with Crippen molar-refractivity contribution in [2.75, 3.05) is 12.3 Å². The van der Waals surface area contributed by atoms with Crippen molar-refractivity contribution < 1.29 is 18.7 Å². The smallest absolute Gasteiger partial charge is 0.382 e. The number of ether oxygens (including phenoxy) is 1. The van der Waals surface area contributed by atoms with E-state index in [9.17, 15) is 4.57 Å². The minimum Gasteiger partial charge on any atom is -0.382 e. The number of anilines is 1. The minimum atomic E-state index is -2.59. The maximum absolute atomic E-state index is 10.5. The van der Waals surface area contributed by atoms with Crippen LogP contribution < -0.4 is 5.73 Å². The van der Waals surface area contributed by atoms with Crippen LogP contribution >= 0.6 is 8.25 Å². The van der Waals surface area contributed by atoms with Gasteiger partial charge >= 0.3 is 8.25 Å². The van der Waals surface area contributed by atoms with E-state index in [0.29, 0.717) is 17.0 Å². The largest absolute Gasteiger partial charge is 0.694 e. The molecule has 1 fully saturated rings.